The summed E-state index contributed by atoms with van der Waals surface area (Å²) in [5.74, 6) is 1.41. The molecule has 0 saturated heterocycles. The lowest BCUT2D eigenvalue weighted by molar-refractivity contribution is -0.115. The number of carbonyl (C=O) groups excluding carboxylic acids is 1. The van der Waals surface area contributed by atoms with E-state index in [2.05, 4.69) is 26.8 Å². The van der Waals surface area contributed by atoms with Crippen molar-refractivity contribution in [3.05, 3.63) is 59.0 Å². The molecule has 118 valence electrons. The van der Waals surface area contributed by atoms with Crippen molar-refractivity contribution in [3.8, 4) is 0 Å². The average molecular weight is 344 g/mol. The Labute approximate surface area is 142 Å². The van der Waals surface area contributed by atoms with E-state index >= 15 is 0 Å². The van der Waals surface area contributed by atoms with E-state index in [4.69, 9.17) is 0 Å². The zero-order valence-electron chi connectivity index (χ0n) is 12.4. The first-order valence-corrected chi connectivity index (χ1v) is 9.11. The molecule has 1 N–H and O–H groups in total. The maximum absolute atomic E-state index is 12.1. The smallest absolute Gasteiger partial charge is 0.226 e. The standard InChI is InChI=1S/C16H16N4OS2/c21-15(6-10-23-16-3-1-2-7-17-16)19-14-4-8-18-20(14)11-13-5-9-22-12-13/h1-5,7-9,12H,6,10-11H2,(H,19,21). The highest BCUT2D eigenvalue weighted by atomic mass is 32.2. The molecule has 3 heterocycles. The molecule has 0 spiro atoms. The molecule has 0 fully saturated rings. The quantitative estimate of drug-likeness (QED) is 0.666. The SMILES string of the molecule is O=C(CCSc1ccccn1)Nc1ccnn1Cc1ccsc1. The van der Waals surface area contributed by atoms with Crippen LogP contribution in [0.2, 0.25) is 0 Å². The summed E-state index contributed by atoms with van der Waals surface area (Å²) in [5.41, 5.74) is 1.18. The van der Waals surface area contributed by atoms with Gasteiger partial charge in [0.2, 0.25) is 5.91 Å². The fourth-order valence-electron chi connectivity index (χ4n) is 2.01. The summed E-state index contributed by atoms with van der Waals surface area (Å²) in [4.78, 5) is 16.3. The topological polar surface area (TPSA) is 59.8 Å². The van der Waals surface area contributed by atoms with Gasteiger partial charge in [0.05, 0.1) is 17.8 Å². The number of thioether (sulfide) groups is 1. The summed E-state index contributed by atoms with van der Waals surface area (Å²) in [5, 5.41) is 12.2. The Balaban J connectivity index is 1.49. The summed E-state index contributed by atoms with van der Waals surface area (Å²) >= 11 is 3.23. The molecule has 0 atom stereocenters. The van der Waals surface area contributed by atoms with Crippen molar-refractivity contribution in [2.75, 3.05) is 11.1 Å². The summed E-state index contributed by atoms with van der Waals surface area (Å²) in [6.45, 7) is 0.662. The van der Waals surface area contributed by atoms with Gasteiger partial charge in [-0.1, -0.05) is 6.07 Å². The van der Waals surface area contributed by atoms with Crippen LogP contribution >= 0.6 is 23.1 Å². The number of thiophene rings is 1. The fraction of sp³-hybridized carbons (Fsp3) is 0.188. The number of nitrogens with one attached hydrogen (secondary N) is 1. The van der Waals surface area contributed by atoms with Crippen LogP contribution in [0, 0.1) is 0 Å². The van der Waals surface area contributed by atoms with Crippen LogP contribution in [0.5, 0.6) is 0 Å². The predicted octanol–water partition coefficient (Wildman–Crippen LogP) is 3.51. The highest BCUT2D eigenvalue weighted by Crippen LogP contribution is 2.16. The van der Waals surface area contributed by atoms with Crippen LogP contribution in [0.3, 0.4) is 0 Å². The maximum Gasteiger partial charge on any atom is 0.226 e. The first-order valence-electron chi connectivity index (χ1n) is 7.18. The average Bonchev–Trinajstić information content (AvgIpc) is 3.22. The lowest BCUT2D eigenvalue weighted by atomic mass is 10.3. The van der Waals surface area contributed by atoms with Gasteiger partial charge in [-0.15, -0.1) is 11.8 Å². The maximum atomic E-state index is 12.1. The van der Waals surface area contributed by atoms with Crippen molar-refractivity contribution in [1.82, 2.24) is 14.8 Å². The van der Waals surface area contributed by atoms with Crippen LogP contribution in [-0.4, -0.2) is 26.4 Å². The zero-order chi connectivity index (χ0) is 15.9. The molecule has 0 unspecified atom stereocenters. The third-order valence-corrected chi connectivity index (χ3v) is 4.79. The van der Waals surface area contributed by atoms with Gasteiger partial charge in [-0.25, -0.2) is 9.67 Å². The largest absolute Gasteiger partial charge is 0.311 e. The summed E-state index contributed by atoms with van der Waals surface area (Å²) in [6, 6.07) is 9.64. The number of aromatic nitrogens is 3. The van der Waals surface area contributed by atoms with Gasteiger partial charge in [-0.3, -0.25) is 4.79 Å². The number of rotatable bonds is 7. The first kappa shape index (κ1) is 15.8. The Bertz CT molecular complexity index is 741. The molecule has 3 rings (SSSR count). The fourth-order valence-corrected chi connectivity index (χ4v) is 3.47. The Morgan fingerprint density at radius 2 is 2.22 bits per heavy atom. The van der Waals surface area contributed by atoms with E-state index in [-0.39, 0.29) is 5.91 Å². The molecular weight excluding hydrogens is 328 g/mol. The highest BCUT2D eigenvalue weighted by Gasteiger charge is 2.08. The molecule has 3 aromatic rings. The van der Waals surface area contributed by atoms with Crippen molar-refractivity contribution >= 4 is 34.8 Å². The van der Waals surface area contributed by atoms with E-state index in [1.54, 1.807) is 40.2 Å². The van der Waals surface area contributed by atoms with Crippen molar-refractivity contribution in [3.63, 3.8) is 0 Å². The van der Waals surface area contributed by atoms with E-state index in [1.165, 1.54) is 5.56 Å². The molecule has 0 aliphatic rings. The number of amides is 1. The van der Waals surface area contributed by atoms with Crippen molar-refractivity contribution < 1.29 is 4.79 Å². The van der Waals surface area contributed by atoms with Gasteiger partial charge in [-0.2, -0.15) is 16.4 Å². The number of hydrogen-bond donors (Lipinski definition) is 1. The van der Waals surface area contributed by atoms with Crippen LogP contribution < -0.4 is 5.32 Å². The highest BCUT2D eigenvalue weighted by molar-refractivity contribution is 7.99. The van der Waals surface area contributed by atoms with Crippen LogP contribution in [0.1, 0.15) is 12.0 Å². The molecule has 0 bridgehead atoms. The van der Waals surface area contributed by atoms with Crippen LogP contribution in [0.4, 0.5) is 5.82 Å². The minimum atomic E-state index is -0.0134. The van der Waals surface area contributed by atoms with Crippen molar-refractivity contribution in [2.45, 2.75) is 18.0 Å². The summed E-state index contributed by atoms with van der Waals surface area (Å²) in [7, 11) is 0. The molecule has 3 aromatic heterocycles. The minimum Gasteiger partial charge on any atom is -0.311 e. The number of hydrogen-bond acceptors (Lipinski definition) is 5. The van der Waals surface area contributed by atoms with Crippen molar-refractivity contribution in [1.29, 1.82) is 0 Å². The van der Waals surface area contributed by atoms with Crippen molar-refractivity contribution in [2.24, 2.45) is 0 Å². The van der Waals surface area contributed by atoms with Gasteiger partial charge in [0.25, 0.3) is 0 Å². The molecular formula is C16H16N4OS2. The molecule has 0 aliphatic heterocycles. The third-order valence-electron chi connectivity index (χ3n) is 3.11. The van der Waals surface area contributed by atoms with E-state index < -0.39 is 0 Å². The summed E-state index contributed by atoms with van der Waals surface area (Å²) < 4.78 is 1.80. The Morgan fingerprint density at radius 3 is 3.00 bits per heavy atom. The zero-order valence-corrected chi connectivity index (χ0v) is 14.0. The Morgan fingerprint density at radius 1 is 1.26 bits per heavy atom. The molecule has 0 aliphatic carbocycles. The molecule has 7 heteroatoms. The van der Waals surface area contributed by atoms with Crippen LogP contribution in [0.15, 0.2) is 58.5 Å². The van der Waals surface area contributed by atoms with Gasteiger partial charge in [0.1, 0.15) is 5.82 Å². The second-order valence-corrected chi connectivity index (χ2v) is 6.72. The van der Waals surface area contributed by atoms with Crippen LogP contribution in [-0.2, 0) is 11.3 Å². The number of anilines is 1. The second kappa shape index (κ2) is 7.94. The van der Waals surface area contributed by atoms with Gasteiger partial charge >= 0.3 is 0 Å². The minimum absolute atomic E-state index is 0.0134. The molecule has 23 heavy (non-hydrogen) atoms. The van der Waals surface area contributed by atoms with Gasteiger partial charge in [0, 0.05) is 24.4 Å². The van der Waals surface area contributed by atoms with E-state index in [0.717, 1.165) is 10.8 Å². The number of carbonyl (C=O) groups is 1. The third kappa shape index (κ3) is 4.67. The van der Waals surface area contributed by atoms with E-state index in [9.17, 15) is 4.79 Å². The number of pyridine rings is 1. The molecule has 0 radical (unpaired) electrons. The first-order chi connectivity index (χ1) is 11.3. The molecule has 0 aromatic carbocycles. The molecule has 1 amide bonds. The Hall–Kier alpha value is -2.12. The van der Waals surface area contributed by atoms with Gasteiger partial charge in [0.15, 0.2) is 0 Å². The van der Waals surface area contributed by atoms with E-state index in [0.29, 0.717) is 18.7 Å². The second-order valence-electron chi connectivity index (χ2n) is 4.82. The molecule has 5 nitrogen and oxygen atoms in total. The Kier molecular flexibility index (Phi) is 5.44. The van der Waals surface area contributed by atoms with Gasteiger partial charge < -0.3 is 5.32 Å². The van der Waals surface area contributed by atoms with Gasteiger partial charge in [-0.05, 0) is 34.5 Å². The lowest BCUT2D eigenvalue weighted by Crippen LogP contribution is -2.16. The monoisotopic (exact) mass is 344 g/mol. The lowest BCUT2D eigenvalue weighted by Gasteiger charge is -2.08. The normalized spacial score (nSPS) is 10.6. The molecule has 0 saturated carbocycles. The predicted molar refractivity (Wildman–Crippen MR) is 93.9 cm³/mol. The summed E-state index contributed by atoms with van der Waals surface area (Å²) in [6.07, 6.45) is 3.89. The number of nitrogens with zero attached hydrogens (tertiary/aromatic N) is 3. The van der Waals surface area contributed by atoms with E-state index in [1.807, 2.05) is 29.6 Å². The van der Waals surface area contributed by atoms with Crippen LogP contribution in [0.25, 0.3) is 0 Å².